The summed E-state index contributed by atoms with van der Waals surface area (Å²) in [5.74, 6) is 0.871. The minimum absolute atomic E-state index is 0.818. The number of rotatable bonds is 7. The molecule has 2 aromatic rings. The zero-order chi connectivity index (χ0) is 15.1. The smallest absolute Gasteiger partial charge is 0.122 e. The number of hydrogen-bond donors (Lipinski definition) is 0. The predicted molar refractivity (Wildman–Crippen MR) is 89.9 cm³/mol. The summed E-state index contributed by atoms with van der Waals surface area (Å²) >= 11 is 3.53. The van der Waals surface area contributed by atoms with Crippen molar-refractivity contribution in [3.8, 4) is 5.75 Å². The van der Waals surface area contributed by atoms with Crippen molar-refractivity contribution >= 4 is 15.9 Å². The maximum Gasteiger partial charge on any atom is 0.122 e. The topological polar surface area (TPSA) is 25.4 Å². The Morgan fingerprint density at radius 3 is 2.57 bits per heavy atom. The number of aryl methyl sites for hydroxylation is 1. The van der Waals surface area contributed by atoms with Crippen molar-refractivity contribution < 1.29 is 4.74 Å². The summed E-state index contributed by atoms with van der Waals surface area (Å²) < 4.78 is 5.33. The molecule has 2 rings (SSSR count). The van der Waals surface area contributed by atoms with Crippen LogP contribution in [0.3, 0.4) is 0 Å². The maximum absolute atomic E-state index is 5.33. The van der Waals surface area contributed by atoms with E-state index in [4.69, 9.17) is 4.74 Å². The summed E-state index contributed by atoms with van der Waals surface area (Å²) in [5, 5.41) is 0.947. The van der Waals surface area contributed by atoms with E-state index < -0.39 is 0 Å². The standard InChI is InChI=1S/C17H21BrN2O/c1-14-10-17(21-2)11-16(19-14)13-20(9-8-18)12-15-6-4-3-5-7-15/h3-7,10-11H,8-9,12-13H2,1-2H3. The van der Waals surface area contributed by atoms with Gasteiger partial charge in [0.05, 0.1) is 12.8 Å². The first-order chi connectivity index (χ1) is 10.2. The molecule has 0 unspecified atom stereocenters. The monoisotopic (exact) mass is 348 g/mol. The van der Waals surface area contributed by atoms with Gasteiger partial charge < -0.3 is 4.74 Å². The van der Waals surface area contributed by atoms with Crippen LogP contribution in [0.2, 0.25) is 0 Å². The first-order valence-electron chi connectivity index (χ1n) is 7.05. The van der Waals surface area contributed by atoms with Gasteiger partial charge in [0, 0.05) is 42.8 Å². The van der Waals surface area contributed by atoms with Crippen LogP contribution in [-0.2, 0) is 13.1 Å². The van der Waals surface area contributed by atoms with Crippen LogP contribution >= 0.6 is 15.9 Å². The molecule has 21 heavy (non-hydrogen) atoms. The summed E-state index contributed by atoms with van der Waals surface area (Å²) in [6.45, 7) is 4.72. The van der Waals surface area contributed by atoms with Crippen LogP contribution in [0.4, 0.5) is 0 Å². The van der Waals surface area contributed by atoms with Gasteiger partial charge in [-0.2, -0.15) is 0 Å². The molecule has 0 saturated carbocycles. The highest BCUT2D eigenvalue weighted by atomic mass is 79.9. The van der Waals surface area contributed by atoms with Crippen LogP contribution < -0.4 is 4.74 Å². The van der Waals surface area contributed by atoms with Gasteiger partial charge in [-0.05, 0) is 12.5 Å². The van der Waals surface area contributed by atoms with Crippen molar-refractivity contribution in [1.29, 1.82) is 0 Å². The molecular weight excluding hydrogens is 328 g/mol. The fraction of sp³-hybridized carbons (Fsp3) is 0.353. The Bertz CT molecular complexity index is 560. The van der Waals surface area contributed by atoms with Crippen molar-refractivity contribution in [3.05, 3.63) is 59.4 Å². The van der Waals surface area contributed by atoms with Gasteiger partial charge in [-0.25, -0.2) is 0 Å². The number of aromatic nitrogens is 1. The van der Waals surface area contributed by atoms with Crippen LogP contribution in [0.25, 0.3) is 0 Å². The van der Waals surface area contributed by atoms with Gasteiger partial charge in [-0.15, -0.1) is 0 Å². The minimum Gasteiger partial charge on any atom is -0.497 e. The largest absolute Gasteiger partial charge is 0.497 e. The van der Waals surface area contributed by atoms with Crippen LogP contribution in [0.5, 0.6) is 5.75 Å². The molecule has 0 bridgehead atoms. The number of benzene rings is 1. The number of halogens is 1. The second-order valence-corrected chi connectivity index (χ2v) is 5.82. The Labute approximate surface area is 135 Å². The van der Waals surface area contributed by atoms with Crippen molar-refractivity contribution in [2.24, 2.45) is 0 Å². The normalized spacial score (nSPS) is 10.9. The van der Waals surface area contributed by atoms with Gasteiger partial charge in [-0.1, -0.05) is 46.3 Å². The molecule has 0 fully saturated rings. The summed E-state index contributed by atoms with van der Waals surface area (Å²) in [5.41, 5.74) is 3.35. The van der Waals surface area contributed by atoms with Crippen LogP contribution in [-0.4, -0.2) is 28.9 Å². The van der Waals surface area contributed by atoms with Crippen molar-refractivity contribution in [1.82, 2.24) is 9.88 Å². The lowest BCUT2D eigenvalue weighted by Crippen LogP contribution is -2.25. The molecule has 0 aliphatic rings. The van der Waals surface area contributed by atoms with Gasteiger partial charge in [0.25, 0.3) is 0 Å². The summed E-state index contributed by atoms with van der Waals surface area (Å²) in [4.78, 5) is 6.99. The number of hydrogen-bond acceptors (Lipinski definition) is 3. The molecule has 4 heteroatoms. The number of pyridine rings is 1. The van der Waals surface area contributed by atoms with Gasteiger partial charge in [0.15, 0.2) is 0 Å². The van der Waals surface area contributed by atoms with E-state index in [1.807, 2.05) is 25.1 Å². The van der Waals surface area contributed by atoms with E-state index in [0.717, 1.165) is 42.1 Å². The summed E-state index contributed by atoms with van der Waals surface area (Å²) in [6, 6.07) is 14.5. The number of nitrogens with zero attached hydrogens (tertiary/aromatic N) is 2. The first kappa shape index (κ1) is 16.0. The van der Waals surface area contributed by atoms with Crippen molar-refractivity contribution in [2.75, 3.05) is 19.0 Å². The molecule has 0 N–H and O–H groups in total. The molecule has 3 nitrogen and oxygen atoms in total. The molecule has 0 saturated heterocycles. The van der Waals surface area contributed by atoms with E-state index in [-0.39, 0.29) is 0 Å². The van der Waals surface area contributed by atoms with Gasteiger partial charge in [-0.3, -0.25) is 9.88 Å². The zero-order valence-electron chi connectivity index (χ0n) is 12.6. The highest BCUT2D eigenvalue weighted by Crippen LogP contribution is 2.16. The summed E-state index contributed by atoms with van der Waals surface area (Å²) in [6.07, 6.45) is 0. The van der Waals surface area contributed by atoms with E-state index in [2.05, 4.69) is 50.1 Å². The van der Waals surface area contributed by atoms with Crippen molar-refractivity contribution in [3.63, 3.8) is 0 Å². The second-order valence-electron chi connectivity index (χ2n) is 5.02. The lowest BCUT2D eigenvalue weighted by molar-refractivity contribution is 0.270. The molecule has 1 aromatic carbocycles. The Hall–Kier alpha value is -1.39. The third-order valence-electron chi connectivity index (χ3n) is 3.25. The van der Waals surface area contributed by atoms with E-state index in [1.165, 1.54) is 5.56 Å². The Morgan fingerprint density at radius 1 is 1.14 bits per heavy atom. The molecule has 1 heterocycles. The SMILES string of the molecule is COc1cc(C)nc(CN(CCBr)Cc2ccccc2)c1. The summed E-state index contributed by atoms with van der Waals surface area (Å²) in [7, 11) is 1.69. The van der Waals surface area contributed by atoms with Gasteiger partial charge in [0.2, 0.25) is 0 Å². The van der Waals surface area contributed by atoms with E-state index in [0.29, 0.717) is 0 Å². The highest BCUT2D eigenvalue weighted by Gasteiger charge is 2.09. The van der Waals surface area contributed by atoms with Crippen LogP contribution in [0.1, 0.15) is 17.0 Å². The predicted octanol–water partition coefficient (Wildman–Crippen LogP) is 3.80. The Morgan fingerprint density at radius 2 is 1.90 bits per heavy atom. The molecule has 0 aliphatic carbocycles. The second kappa shape index (κ2) is 8.15. The number of alkyl halides is 1. The minimum atomic E-state index is 0.818. The Kier molecular flexibility index (Phi) is 6.21. The van der Waals surface area contributed by atoms with Crippen molar-refractivity contribution in [2.45, 2.75) is 20.0 Å². The van der Waals surface area contributed by atoms with Gasteiger partial charge >= 0.3 is 0 Å². The molecule has 1 aromatic heterocycles. The number of ether oxygens (including phenoxy) is 1. The highest BCUT2D eigenvalue weighted by molar-refractivity contribution is 9.09. The van der Waals surface area contributed by atoms with Gasteiger partial charge in [0.1, 0.15) is 5.75 Å². The molecule has 0 spiro atoms. The third kappa shape index (κ3) is 5.14. The molecule has 112 valence electrons. The third-order valence-corrected chi connectivity index (χ3v) is 3.61. The molecule has 0 aliphatic heterocycles. The Balaban J connectivity index is 2.10. The quantitative estimate of drug-likeness (QED) is 0.711. The van der Waals surface area contributed by atoms with E-state index >= 15 is 0 Å². The van der Waals surface area contributed by atoms with E-state index in [9.17, 15) is 0 Å². The lowest BCUT2D eigenvalue weighted by atomic mass is 10.2. The zero-order valence-corrected chi connectivity index (χ0v) is 14.1. The maximum atomic E-state index is 5.33. The average Bonchev–Trinajstić information content (AvgIpc) is 2.48. The van der Waals surface area contributed by atoms with E-state index in [1.54, 1.807) is 7.11 Å². The molecular formula is C17H21BrN2O. The van der Waals surface area contributed by atoms with Crippen LogP contribution in [0, 0.1) is 6.92 Å². The molecule has 0 radical (unpaired) electrons. The number of methoxy groups -OCH3 is 1. The van der Waals surface area contributed by atoms with Crippen LogP contribution in [0.15, 0.2) is 42.5 Å². The first-order valence-corrected chi connectivity index (χ1v) is 8.17. The molecule has 0 atom stereocenters. The average molecular weight is 349 g/mol. The fourth-order valence-electron chi connectivity index (χ4n) is 2.31. The fourth-order valence-corrected chi connectivity index (χ4v) is 2.81. The lowest BCUT2D eigenvalue weighted by Gasteiger charge is -2.21. The molecule has 0 amide bonds.